The third-order valence-electron chi connectivity index (χ3n) is 6.19. The number of benzene rings is 2. The first-order chi connectivity index (χ1) is 16.3. The molecule has 2 atom stereocenters. The van der Waals surface area contributed by atoms with E-state index in [2.05, 4.69) is 42.4 Å². The Bertz CT molecular complexity index is 1190. The Kier molecular flexibility index (Phi) is 7.10. The van der Waals surface area contributed by atoms with Crippen molar-refractivity contribution in [2.24, 2.45) is 11.8 Å². The lowest BCUT2D eigenvalue weighted by atomic mass is 9.92. The highest BCUT2D eigenvalue weighted by atomic mass is 19.1. The molecule has 0 radical (unpaired) electrons. The molecule has 1 aromatic heterocycles. The van der Waals surface area contributed by atoms with Gasteiger partial charge < -0.3 is 15.5 Å². The van der Waals surface area contributed by atoms with Crippen molar-refractivity contribution in [3.05, 3.63) is 59.9 Å². The SMILES string of the molecule is Cc1cc(N2C[C@H](C)C[C@@H](C)C2)nc2ccc(NC(=O)CCC(=O)Nc3ccc(F)cc3)cc12. The Morgan fingerprint density at radius 1 is 0.941 bits per heavy atom. The number of nitrogens with zero attached hydrogens (tertiary/aromatic N) is 2. The highest BCUT2D eigenvalue weighted by Gasteiger charge is 2.23. The first-order valence-electron chi connectivity index (χ1n) is 11.8. The van der Waals surface area contributed by atoms with Crippen molar-refractivity contribution in [3.8, 4) is 0 Å². The fourth-order valence-electron chi connectivity index (χ4n) is 4.67. The molecule has 3 aromatic rings. The van der Waals surface area contributed by atoms with Gasteiger partial charge >= 0.3 is 0 Å². The summed E-state index contributed by atoms with van der Waals surface area (Å²) >= 11 is 0. The van der Waals surface area contributed by atoms with Crippen molar-refractivity contribution in [1.29, 1.82) is 0 Å². The van der Waals surface area contributed by atoms with Gasteiger partial charge in [-0.1, -0.05) is 13.8 Å². The van der Waals surface area contributed by atoms with Crippen LogP contribution in [-0.2, 0) is 9.59 Å². The van der Waals surface area contributed by atoms with Crippen LogP contribution in [0.15, 0.2) is 48.5 Å². The summed E-state index contributed by atoms with van der Waals surface area (Å²) in [7, 11) is 0. The zero-order chi connectivity index (χ0) is 24.2. The van der Waals surface area contributed by atoms with Gasteiger partial charge in [0.2, 0.25) is 11.8 Å². The Morgan fingerprint density at radius 3 is 2.18 bits per heavy atom. The predicted octanol–water partition coefficient (Wildman–Crippen LogP) is 5.52. The Morgan fingerprint density at radius 2 is 1.53 bits per heavy atom. The van der Waals surface area contributed by atoms with Gasteiger partial charge in [-0.25, -0.2) is 9.37 Å². The van der Waals surface area contributed by atoms with E-state index in [4.69, 9.17) is 4.98 Å². The van der Waals surface area contributed by atoms with Gasteiger partial charge in [0.25, 0.3) is 0 Å². The van der Waals surface area contributed by atoms with Crippen molar-refractivity contribution in [3.63, 3.8) is 0 Å². The molecule has 0 unspecified atom stereocenters. The normalized spacial score (nSPS) is 18.1. The van der Waals surface area contributed by atoms with Gasteiger partial charge in [-0.05, 0) is 79.3 Å². The summed E-state index contributed by atoms with van der Waals surface area (Å²) in [6.45, 7) is 8.68. The molecular weight excluding hydrogens is 431 g/mol. The summed E-state index contributed by atoms with van der Waals surface area (Å²) in [6.07, 6.45) is 1.33. The third-order valence-corrected chi connectivity index (χ3v) is 6.19. The van der Waals surface area contributed by atoms with E-state index in [0.29, 0.717) is 23.2 Å². The highest BCUT2D eigenvalue weighted by Crippen LogP contribution is 2.29. The number of aryl methyl sites for hydroxylation is 1. The number of carbonyl (C=O) groups is 2. The maximum Gasteiger partial charge on any atom is 0.224 e. The molecule has 2 aromatic carbocycles. The summed E-state index contributed by atoms with van der Waals surface area (Å²) in [5.41, 5.74) is 3.18. The lowest BCUT2D eigenvalue weighted by molar-refractivity contribution is -0.121. The predicted molar refractivity (Wildman–Crippen MR) is 135 cm³/mol. The van der Waals surface area contributed by atoms with Crippen LogP contribution in [0.25, 0.3) is 10.9 Å². The molecule has 0 spiro atoms. The van der Waals surface area contributed by atoms with E-state index < -0.39 is 0 Å². The maximum absolute atomic E-state index is 13.0. The quantitative estimate of drug-likeness (QED) is 0.506. The van der Waals surface area contributed by atoms with E-state index in [-0.39, 0.29) is 30.5 Å². The zero-order valence-corrected chi connectivity index (χ0v) is 19.9. The molecule has 2 N–H and O–H groups in total. The van der Waals surface area contributed by atoms with Gasteiger partial charge in [0.15, 0.2) is 0 Å². The number of rotatable bonds is 6. The molecule has 0 bridgehead atoms. The lowest BCUT2D eigenvalue weighted by Gasteiger charge is -2.36. The van der Waals surface area contributed by atoms with Crippen molar-refractivity contribution in [1.82, 2.24) is 4.98 Å². The van der Waals surface area contributed by atoms with E-state index >= 15 is 0 Å². The van der Waals surface area contributed by atoms with Crippen LogP contribution < -0.4 is 15.5 Å². The van der Waals surface area contributed by atoms with Gasteiger partial charge in [-0.2, -0.15) is 0 Å². The minimum absolute atomic E-state index is 0.0351. The number of piperidine rings is 1. The van der Waals surface area contributed by atoms with Gasteiger partial charge in [-0.15, -0.1) is 0 Å². The molecule has 1 aliphatic heterocycles. The standard InChI is InChI=1S/C27H31FN4O2/c1-17-12-18(2)16-32(15-17)25-13-19(3)23-14-22(8-9-24(23)31-25)30-27(34)11-10-26(33)29-21-6-4-20(28)5-7-21/h4-9,13-14,17-18H,10-12,15-16H2,1-3H3,(H,29,33)(H,30,34)/t17-,18-/m1/s1. The van der Waals surface area contributed by atoms with Crippen molar-refractivity contribution in [2.75, 3.05) is 28.6 Å². The van der Waals surface area contributed by atoms with Gasteiger partial charge in [0, 0.05) is 42.7 Å². The summed E-state index contributed by atoms with van der Waals surface area (Å²) in [6, 6.07) is 13.3. The summed E-state index contributed by atoms with van der Waals surface area (Å²) < 4.78 is 13.0. The van der Waals surface area contributed by atoms with Crippen molar-refractivity contribution < 1.29 is 14.0 Å². The number of hydrogen-bond donors (Lipinski definition) is 2. The first kappa shape index (κ1) is 23.7. The number of aromatic nitrogens is 1. The van der Waals surface area contributed by atoms with Crippen LogP contribution in [-0.4, -0.2) is 29.9 Å². The number of fused-ring (bicyclic) bond motifs is 1. The fraction of sp³-hybridized carbons (Fsp3) is 0.370. The van der Waals surface area contributed by atoms with Crippen LogP contribution in [0.4, 0.5) is 21.6 Å². The van der Waals surface area contributed by atoms with Crippen LogP contribution in [0.5, 0.6) is 0 Å². The molecule has 2 heterocycles. The average Bonchev–Trinajstić information content (AvgIpc) is 2.79. The number of amides is 2. The van der Waals surface area contributed by atoms with Crippen LogP contribution >= 0.6 is 0 Å². The zero-order valence-electron chi connectivity index (χ0n) is 19.9. The molecule has 7 heteroatoms. The van der Waals surface area contributed by atoms with E-state index in [0.717, 1.165) is 35.4 Å². The number of nitrogens with one attached hydrogen (secondary N) is 2. The Labute approximate surface area is 199 Å². The Hall–Kier alpha value is -3.48. The summed E-state index contributed by atoms with van der Waals surface area (Å²) in [5, 5.41) is 6.52. The molecule has 1 saturated heterocycles. The summed E-state index contributed by atoms with van der Waals surface area (Å²) in [4.78, 5) is 31.7. The largest absolute Gasteiger partial charge is 0.356 e. The van der Waals surface area contributed by atoms with E-state index in [1.165, 1.54) is 30.7 Å². The molecule has 178 valence electrons. The minimum Gasteiger partial charge on any atom is -0.356 e. The molecule has 34 heavy (non-hydrogen) atoms. The molecule has 4 rings (SSSR count). The van der Waals surface area contributed by atoms with E-state index in [9.17, 15) is 14.0 Å². The molecule has 2 amide bonds. The van der Waals surface area contributed by atoms with Crippen molar-refractivity contribution in [2.45, 2.75) is 40.0 Å². The van der Waals surface area contributed by atoms with Gasteiger partial charge in [0.05, 0.1) is 5.52 Å². The van der Waals surface area contributed by atoms with E-state index in [1.54, 1.807) is 0 Å². The smallest absolute Gasteiger partial charge is 0.224 e. The van der Waals surface area contributed by atoms with Crippen LogP contribution in [0.1, 0.15) is 38.7 Å². The minimum atomic E-state index is -0.370. The van der Waals surface area contributed by atoms with Gasteiger partial charge in [-0.3, -0.25) is 9.59 Å². The fourth-order valence-corrected chi connectivity index (χ4v) is 4.67. The number of halogens is 1. The van der Waals surface area contributed by atoms with Crippen LogP contribution in [0.3, 0.4) is 0 Å². The first-order valence-corrected chi connectivity index (χ1v) is 11.8. The van der Waals surface area contributed by atoms with Gasteiger partial charge in [0.1, 0.15) is 11.6 Å². The molecule has 1 fully saturated rings. The van der Waals surface area contributed by atoms with Crippen LogP contribution in [0, 0.1) is 24.6 Å². The van der Waals surface area contributed by atoms with Crippen LogP contribution in [0.2, 0.25) is 0 Å². The number of carbonyl (C=O) groups excluding carboxylic acids is 2. The molecule has 1 aliphatic rings. The summed E-state index contributed by atoms with van der Waals surface area (Å²) in [5.74, 6) is 1.40. The monoisotopic (exact) mass is 462 g/mol. The average molecular weight is 463 g/mol. The second-order valence-corrected chi connectivity index (χ2v) is 9.48. The third kappa shape index (κ3) is 5.90. The lowest BCUT2D eigenvalue weighted by Crippen LogP contribution is -2.39. The maximum atomic E-state index is 13.0. The number of anilines is 3. The highest BCUT2D eigenvalue weighted by molar-refractivity contribution is 5.98. The molecular formula is C27H31FN4O2. The number of pyridine rings is 1. The number of hydrogen-bond acceptors (Lipinski definition) is 4. The Balaban J connectivity index is 1.37. The molecule has 0 aliphatic carbocycles. The molecule has 6 nitrogen and oxygen atoms in total. The second kappa shape index (κ2) is 10.2. The van der Waals surface area contributed by atoms with E-state index in [1.807, 2.05) is 18.2 Å². The van der Waals surface area contributed by atoms with Crippen molar-refractivity contribution >= 4 is 39.9 Å². The second-order valence-electron chi connectivity index (χ2n) is 9.48. The molecule has 0 saturated carbocycles. The topological polar surface area (TPSA) is 74.3 Å².